The topological polar surface area (TPSA) is 99.4 Å². The molecule has 1 aromatic rings. The Hall–Kier alpha value is -1.78. The lowest BCUT2D eigenvalue weighted by Crippen LogP contribution is -2.19. The molecule has 0 aromatic heterocycles. The lowest BCUT2D eigenvalue weighted by molar-refractivity contribution is 0.320. The quantitative estimate of drug-likeness (QED) is 0.789. The van der Waals surface area contributed by atoms with E-state index in [1.807, 2.05) is 6.07 Å². The number of aliphatic hydroxyl groups is 1. The van der Waals surface area contributed by atoms with E-state index >= 15 is 0 Å². The fraction of sp³-hybridized carbons (Fsp3) is 0.300. The molecule has 92 valence electrons. The minimum Gasteiger partial charge on any atom is -0.495 e. The van der Waals surface area contributed by atoms with Crippen molar-refractivity contribution in [2.75, 3.05) is 24.2 Å². The molecule has 6 nitrogen and oxygen atoms in total. The zero-order valence-corrected chi connectivity index (χ0v) is 9.99. The van der Waals surface area contributed by atoms with Gasteiger partial charge in [0.15, 0.2) is 0 Å². The third-order valence-electron chi connectivity index (χ3n) is 1.96. The van der Waals surface area contributed by atoms with Gasteiger partial charge in [0.2, 0.25) is 10.0 Å². The van der Waals surface area contributed by atoms with Crippen LogP contribution in [0.25, 0.3) is 0 Å². The molecule has 0 saturated heterocycles. The van der Waals surface area contributed by atoms with E-state index in [0.29, 0.717) is 5.56 Å². The maximum atomic E-state index is 11.4. The summed E-state index contributed by atoms with van der Waals surface area (Å²) in [7, 11) is -2.22. The minimum absolute atomic E-state index is 0.236. The highest BCUT2D eigenvalue weighted by molar-refractivity contribution is 7.92. The number of nitrogens with one attached hydrogen (secondary N) is 1. The van der Waals surface area contributed by atoms with Gasteiger partial charge in [-0.15, -0.1) is 0 Å². The van der Waals surface area contributed by atoms with Crippen LogP contribution >= 0.6 is 0 Å². The highest BCUT2D eigenvalue weighted by Crippen LogP contribution is 2.26. The molecule has 0 unspecified atom stereocenters. The molecule has 0 spiro atoms. The van der Waals surface area contributed by atoms with Gasteiger partial charge in [-0.25, -0.2) is 8.42 Å². The average Bonchev–Trinajstić information content (AvgIpc) is 2.29. The van der Waals surface area contributed by atoms with Crippen molar-refractivity contribution in [3.8, 4) is 11.8 Å². The van der Waals surface area contributed by atoms with E-state index in [1.165, 1.54) is 25.3 Å². The zero-order valence-electron chi connectivity index (χ0n) is 9.17. The van der Waals surface area contributed by atoms with E-state index < -0.39 is 22.4 Å². The third-order valence-corrected chi connectivity index (χ3v) is 3.21. The van der Waals surface area contributed by atoms with Gasteiger partial charge in [-0.2, -0.15) is 5.26 Å². The molecule has 0 atom stereocenters. The number of aliphatic hydroxyl groups excluding tert-OH is 1. The van der Waals surface area contributed by atoms with Crippen molar-refractivity contribution >= 4 is 15.7 Å². The predicted octanol–water partition coefficient (Wildman–Crippen LogP) is 0.301. The van der Waals surface area contributed by atoms with Gasteiger partial charge in [0.05, 0.1) is 36.8 Å². The molecule has 17 heavy (non-hydrogen) atoms. The molecule has 0 saturated carbocycles. The van der Waals surface area contributed by atoms with Crippen molar-refractivity contribution in [2.45, 2.75) is 0 Å². The number of nitriles is 1. The number of benzene rings is 1. The van der Waals surface area contributed by atoms with Gasteiger partial charge in [0, 0.05) is 6.07 Å². The standard InChI is InChI=1S/C10H12N2O4S/c1-16-10-6-8(7-11)2-3-9(10)12-17(14,15)5-4-13/h2-3,6,12-13H,4-5H2,1H3. The van der Waals surface area contributed by atoms with Gasteiger partial charge in [-0.1, -0.05) is 0 Å². The summed E-state index contributed by atoms with van der Waals surface area (Å²) in [5.74, 6) is -0.138. The number of sulfonamides is 1. The van der Waals surface area contributed by atoms with Crippen molar-refractivity contribution in [3.63, 3.8) is 0 Å². The van der Waals surface area contributed by atoms with Gasteiger partial charge in [0.1, 0.15) is 5.75 Å². The average molecular weight is 256 g/mol. The fourth-order valence-electron chi connectivity index (χ4n) is 1.18. The largest absolute Gasteiger partial charge is 0.495 e. The Kier molecular flexibility index (Phi) is 4.31. The zero-order chi connectivity index (χ0) is 12.9. The number of methoxy groups -OCH3 is 1. The van der Waals surface area contributed by atoms with Gasteiger partial charge in [-0.05, 0) is 12.1 Å². The van der Waals surface area contributed by atoms with Crippen LogP contribution < -0.4 is 9.46 Å². The Labute approximate surface area is 99.5 Å². The lowest BCUT2D eigenvalue weighted by atomic mass is 10.2. The molecule has 0 heterocycles. The Morgan fingerprint density at radius 3 is 2.76 bits per heavy atom. The SMILES string of the molecule is COc1cc(C#N)ccc1NS(=O)(=O)CCO. The Morgan fingerprint density at radius 2 is 2.24 bits per heavy atom. The molecule has 0 bridgehead atoms. The van der Waals surface area contributed by atoms with Crippen LogP contribution in [0.5, 0.6) is 5.75 Å². The van der Waals surface area contributed by atoms with Crippen molar-refractivity contribution in [1.82, 2.24) is 0 Å². The number of hydrogen-bond donors (Lipinski definition) is 2. The normalized spacial score (nSPS) is 10.6. The second-order valence-electron chi connectivity index (χ2n) is 3.17. The summed E-state index contributed by atoms with van der Waals surface area (Å²) in [5, 5.41) is 17.3. The van der Waals surface area contributed by atoms with E-state index in [2.05, 4.69) is 4.72 Å². The van der Waals surface area contributed by atoms with Crippen molar-refractivity contribution in [2.24, 2.45) is 0 Å². The molecule has 7 heteroatoms. The summed E-state index contributed by atoms with van der Waals surface area (Å²) in [6, 6.07) is 6.26. The second kappa shape index (κ2) is 5.52. The van der Waals surface area contributed by atoms with E-state index in [1.54, 1.807) is 0 Å². The number of anilines is 1. The molecule has 0 aliphatic carbocycles. The first kappa shape index (κ1) is 13.3. The molecule has 0 radical (unpaired) electrons. The molecule has 0 aliphatic heterocycles. The number of hydrogen-bond acceptors (Lipinski definition) is 5. The molecular weight excluding hydrogens is 244 g/mol. The molecule has 0 aliphatic rings. The Morgan fingerprint density at radius 1 is 1.53 bits per heavy atom. The summed E-state index contributed by atoms with van der Waals surface area (Å²) in [5.41, 5.74) is 0.604. The first-order valence-electron chi connectivity index (χ1n) is 4.72. The Bertz CT molecular complexity index is 534. The Balaban J connectivity index is 3.04. The summed E-state index contributed by atoms with van der Waals surface area (Å²) in [6.07, 6.45) is 0. The van der Waals surface area contributed by atoms with Crippen LogP contribution in [-0.2, 0) is 10.0 Å². The van der Waals surface area contributed by atoms with Crippen LogP contribution in [0.3, 0.4) is 0 Å². The molecule has 1 rings (SSSR count). The third kappa shape index (κ3) is 3.62. The van der Waals surface area contributed by atoms with Crippen LogP contribution in [0.1, 0.15) is 5.56 Å². The molecule has 0 amide bonds. The summed E-state index contributed by atoms with van der Waals surface area (Å²) in [4.78, 5) is 0. The summed E-state index contributed by atoms with van der Waals surface area (Å²) < 4.78 is 30.1. The molecule has 2 N–H and O–H groups in total. The molecule has 1 aromatic carbocycles. The van der Waals surface area contributed by atoms with Crippen LogP contribution in [0.4, 0.5) is 5.69 Å². The maximum absolute atomic E-state index is 11.4. The monoisotopic (exact) mass is 256 g/mol. The number of nitrogens with zero attached hydrogens (tertiary/aromatic N) is 1. The number of rotatable bonds is 5. The van der Waals surface area contributed by atoms with Crippen LogP contribution in [0, 0.1) is 11.3 Å². The first-order chi connectivity index (χ1) is 8.02. The van der Waals surface area contributed by atoms with Gasteiger partial charge < -0.3 is 9.84 Å². The fourth-order valence-corrected chi connectivity index (χ4v) is 2.03. The smallest absolute Gasteiger partial charge is 0.235 e. The van der Waals surface area contributed by atoms with Gasteiger partial charge in [-0.3, -0.25) is 4.72 Å². The van der Waals surface area contributed by atoms with Crippen LogP contribution in [0.2, 0.25) is 0 Å². The van der Waals surface area contributed by atoms with Gasteiger partial charge >= 0.3 is 0 Å². The van der Waals surface area contributed by atoms with Crippen LogP contribution in [-0.4, -0.2) is 33.0 Å². The van der Waals surface area contributed by atoms with Crippen LogP contribution in [0.15, 0.2) is 18.2 Å². The van der Waals surface area contributed by atoms with Crippen molar-refractivity contribution in [3.05, 3.63) is 23.8 Å². The maximum Gasteiger partial charge on any atom is 0.235 e. The van der Waals surface area contributed by atoms with E-state index in [-0.39, 0.29) is 11.4 Å². The second-order valence-corrected chi connectivity index (χ2v) is 5.01. The highest BCUT2D eigenvalue weighted by Gasteiger charge is 2.13. The lowest BCUT2D eigenvalue weighted by Gasteiger charge is -2.11. The first-order valence-corrected chi connectivity index (χ1v) is 6.37. The van der Waals surface area contributed by atoms with Gasteiger partial charge in [0.25, 0.3) is 0 Å². The minimum atomic E-state index is -3.60. The summed E-state index contributed by atoms with van der Waals surface area (Å²) >= 11 is 0. The predicted molar refractivity (Wildman–Crippen MR) is 62.2 cm³/mol. The molecule has 0 fully saturated rings. The van der Waals surface area contributed by atoms with E-state index in [9.17, 15) is 8.42 Å². The molecular formula is C10H12N2O4S. The van der Waals surface area contributed by atoms with Crippen molar-refractivity contribution in [1.29, 1.82) is 5.26 Å². The highest BCUT2D eigenvalue weighted by atomic mass is 32.2. The van der Waals surface area contributed by atoms with E-state index in [4.69, 9.17) is 15.1 Å². The van der Waals surface area contributed by atoms with E-state index in [0.717, 1.165) is 0 Å². The summed E-state index contributed by atoms with van der Waals surface area (Å²) in [6.45, 7) is -0.464. The van der Waals surface area contributed by atoms with Crippen molar-refractivity contribution < 1.29 is 18.3 Å². The number of ether oxygens (including phenoxy) is 1.